The first kappa shape index (κ1) is 17.3. The summed E-state index contributed by atoms with van der Waals surface area (Å²) in [5.74, 6) is 0. The highest BCUT2D eigenvalue weighted by atomic mass is 16.2. The maximum atomic E-state index is 12.4. The molecule has 0 unspecified atom stereocenters. The van der Waals surface area contributed by atoms with Crippen molar-refractivity contribution in [3.05, 3.63) is 42.7 Å². The van der Waals surface area contributed by atoms with Gasteiger partial charge in [0, 0.05) is 44.5 Å². The van der Waals surface area contributed by atoms with E-state index in [2.05, 4.69) is 38.3 Å². The Labute approximate surface area is 147 Å². The molecule has 3 heterocycles. The average Bonchev–Trinajstić information content (AvgIpc) is 3.14. The zero-order valence-corrected chi connectivity index (χ0v) is 14.7. The molecule has 8 nitrogen and oxygen atoms in total. The standard InChI is InChI=1S/C17H25N7O/c1-14(11-24-13-18-12-20-24)21-17(25)23-9-7-22(8-10-23)15(2)16-5-3-4-6-19-16/h3-6,12-15H,7-11H2,1-2H3,(H,21,25)/t14-,15-/m0/s1. The molecule has 1 aliphatic rings. The van der Waals surface area contributed by atoms with Crippen LogP contribution in [-0.2, 0) is 6.54 Å². The number of aromatic nitrogens is 4. The molecule has 25 heavy (non-hydrogen) atoms. The predicted molar refractivity (Wildman–Crippen MR) is 93.8 cm³/mol. The second kappa shape index (κ2) is 8.06. The van der Waals surface area contributed by atoms with Crippen molar-refractivity contribution in [1.82, 2.24) is 34.9 Å². The van der Waals surface area contributed by atoms with E-state index in [0.29, 0.717) is 6.54 Å². The van der Waals surface area contributed by atoms with E-state index >= 15 is 0 Å². The lowest BCUT2D eigenvalue weighted by Gasteiger charge is -2.38. The molecule has 2 aromatic heterocycles. The molecule has 1 N–H and O–H groups in total. The first-order valence-electron chi connectivity index (χ1n) is 8.66. The molecule has 3 rings (SSSR count). The van der Waals surface area contributed by atoms with Gasteiger partial charge in [-0.3, -0.25) is 14.6 Å². The quantitative estimate of drug-likeness (QED) is 0.881. The zero-order valence-electron chi connectivity index (χ0n) is 14.7. The maximum Gasteiger partial charge on any atom is 0.317 e. The van der Waals surface area contributed by atoms with Gasteiger partial charge in [-0.15, -0.1) is 0 Å². The van der Waals surface area contributed by atoms with Gasteiger partial charge in [0.05, 0.1) is 12.2 Å². The summed E-state index contributed by atoms with van der Waals surface area (Å²) in [5.41, 5.74) is 1.07. The Hall–Kier alpha value is -2.48. The number of rotatable bonds is 5. The first-order chi connectivity index (χ1) is 12.1. The van der Waals surface area contributed by atoms with Gasteiger partial charge in [0.15, 0.2) is 0 Å². The van der Waals surface area contributed by atoms with Crippen molar-refractivity contribution in [3.8, 4) is 0 Å². The summed E-state index contributed by atoms with van der Waals surface area (Å²) in [4.78, 5) is 25.0. The second-order valence-electron chi connectivity index (χ2n) is 6.42. The molecule has 0 bridgehead atoms. The smallest absolute Gasteiger partial charge is 0.317 e. The molecule has 1 aliphatic heterocycles. The zero-order chi connectivity index (χ0) is 17.6. The molecule has 1 saturated heterocycles. The SMILES string of the molecule is C[C@@H](Cn1cncn1)NC(=O)N1CCN([C@@H](C)c2ccccn2)CC1. The highest BCUT2D eigenvalue weighted by Crippen LogP contribution is 2.19. The van der Waals surface area contributed by atoms with Crippen LogP contribution in [0.15, 0.2) is 37.1 Å². The summed E-state index contributed by atoms with van der Waals surface area (Å²) < 4.78 is 1.72. The number of nitrogens with one attached hydrogen (secondary N) is 1. The van der Waals surface area contributed by atoms with Crippen molar-refractivity contribution in [3.63, 3.8) is 0 Å². The van der Waals surface area contributed by atoms with Gasteiger partial charge in [0.1, 0.15) is 12.7 Å². The van der Waals surface area contributed by atoms with Gasteiger partial charge in [0.25, 0.3) is 0 Å². The third-order valence-corrected chi connectivity index (χ3v) is 4.56. The third kappa shape index (κ3) is 4.54. The molecule has 134 valence electrons. The molecule has 0 aromatic carbocycles. The number of hydrogen-bond donors (Lipinski definition) is 1. The van der Waals surface area contributed by atoms with E-state index in [0.717, 1.165) is 31.9 Å². The van der Waals surface area contributed by atoms with Crippen LogP contribution in [0, 0.1) is 0 Å². The summed E-state index contributed by atoms with van der Waals surface area (Å²) in [6.45, 7) is 7.89. The molecule has 0 saturated carbocycles. The molecule has 2 amide bonds. The highest BCUT2D eigenvalue weighted by Gasteiger charge is 2.25. The van der Waals surface area contributed by atoms with E-state index in [1.807, 2.05) is 30.2 Å². The summed E-state index contributed by atoms with van der Waals surface area (Å²) in [7, 11) is 0. The Kier molecular flexibility index (Phi) is 5.60. The van der Waals surface area contributed by atoms with Crippen LogP contribution in [-0.4, -0.2) is 67.8 Å². The number of nitrogens with zero attached hydrogens (tertiary/aromatic N) is 6. The molecule has 0 radical (unpaired) electrons. The molecule has 0 spiro atoms. The van der Waals surface area contributed by atoms with Crippen molar-refractivity contribution < 1.29 is 4.79 Å². The molecule has 2 atom stereocenters. The molecule has 2 aromatic rings. The topological polar surface area (TPSA) is 79.2 Å². The fraction of sp³-hybridized carbons (Fsp3) is 0.529. The number of amides is 2. The van der Waals surface area contributed by atoms with E-state index in [1.165, 1.54) is 6.33 Å². The van der Waals surface area contributed by atoms with Crippen molar-refractivity contribution in [2.75, 3.05) is 26.2 Å². The fourth-order valence-electron chi connectivity index (χ4n) is 3.08. The van der Waals surface area contributed by atoms with Gasteiger partial charge in [-0.25, -0.2) is 9.78 Å². The molecule has 0 aliphatic carbocycles. The van der Waals surface area contributed by atoms with Crippen LogP contribution >= 0.6 is 0 Å². The van der Waals surface area contributed by atoms with Gasteiger partial charge >= 0.3 is 6.03 Å². The van der Waals surface area contributed by atoms with Crippen LogP contribution in [0.1, 0.15) is 25.6 Å². The predicted octanol–water partition coefficient (Wildman–Crippen LogP) is 1.15. The van der Waals surface area contributed by atoms with Crippen molar-refractivity contribution in [1.29, 1.82) is 0 Å². The number of piperazine rings is 1. The summed E-state index contributed by atoms with van der Waals surface area (Å²) >= 11 is 0. The van der Waals surface area contributed by atoms with E-state index in [9.17, 15) is 4.79 Å². The summed E-state index contributed by atoms with van der Waals surface area (Å²) in [6.07, 6.45) is 4.98. The minimum atomic E-state index is -0.0160. The largest absolute Gasteiger partial charge is 0.334 e. The number of urea groups is 1. The Morgan fingerprint density at radius 1 is 1.24 bits per heavy atom. The molecule has 1 fully saturated rings. The normalized spacial score (nSPS) is 17.9. The molecular formula is C17H25N7O. The number of pyridine rings is 1. The Bertz CT molecular complexity index is 653. The van der Waals surface area contributed by atoms with Crippen LogP contribution in [0.5, 0.6) is 0 Å². The number of carbonyl (C=O) groups is 1. The summed E-state index contributed by atoms with van der Waals surface area (Å²) in [5, 5.41) is 7.09. The lowest BCUT2D eigenvalue weighted by Crippen LogP contribution is -2.53. The van der Waals surface area contributed by atoms with Gasteiger partial charge in [-0.1, -0.05) is 6.07 Å². The van der Waals surface area contributed by atoms with Gasteiger partial charge in [-0.2, -0.15) is 5.10 Å². The van der Waals surface area contributed by atoms with Crippen molar-refractivity contribution >= 4 is 6.03 Å². The Morgan fingerprint density at radius 2 is 2.04 bits per heavy atom. The van der Waals surface area contributed by atoms with Gasteiger partial charge in [0.2, 0.25) is 0 Å². The second-order valence-corrected chi connectivity index (χ2v) is 6.42. The number of carbonyl (C=O) groups excluding carboxylic acids is 1. The van der Waals surface area contributed by atoms with E-state index < -0.39 is 0 Å². The monoisotopic (exact) mass is 343 g/mol. The maximum absolute atomic E-state index is 12.4. The Balaban J connectivity index is 1.46. The van der Waals surface area contributed by atoms with E-state index in [-0.39, 0.29) is 18.1 Å². The van der Waals surface area contributed by atoms with Crippen LogP contribution in [0.3, 0.4) is 0 Å². The lowest BCUT2D eigenvalue weighted by atomic mass is 10.1. The molecule has 8 heteroatoms. The number of hydrogen-bond acceptors (Lipinski definition) is 5. The van der Waals surface area contributed by atoms with Crippen LogP contribution in [0.4, 0.5) is 4.79 Å². The van der Waals surface area contributed by atoms with E-state index in [4.69, 9.17) is 0 Å². The van der Waals surface area contributed by atoms with E-state index in [1.54, 1.807) is 11.0 Å². The van der Waals surface area contributed by atoms with Crippen molar-refractivity contribution in [2.45, 2.75) is 32.5 Å². The van der Waals surface area contributed by atoms with Crippen LogP contribution < -0.4 is 5.32 Å². The molecular weight excluding hydrogens is 318 g/mol. The Morgan fingerprint density at radius 3 is 2.68 bits per heavy atom. The first-order valence-corrected chi connectivity index (χ1v) is 8.66. The third-order valence-electron chi connectivity index (χ3n) is 4.56. The average molecular weight is 343 g/mol. The van der Waals surface area contributed by atoms with Crippen molar-refractivity contribution in [2.24, 2.45) is 0 Å². The van der Waals surface area contributed by atoms with Crippen LogP contribution in [0.2, 0.25) is 0 Å². The van der Waals surface area contributed by atoms with Gasteiger partial charge < -0.3 is 10.2 Å². The fourth-order valence-corrected chi connectivity index (χ4v) is 3.08. The van der Waals surface area contributed by atoms with Gasteiger partial charge in [-0.05, 0) is 26.0 Å². The minimum absolute atomic E-state index is 0.000304. The lowest BCUT2D eigenvalue weighted by molar-refractivity contribution is 0.111. The van der Waals surface area contributed by atoms with Crippen LogP contribution in [0.25, 0.3) is 0 Å². The summed E-state index contributed by atoms with van der Waals surface area (Å²) in [6, 6.07) is 6.24. The highest BCUT2D eigenvalue weighted by molar-refractivity contribution is 5.74. The minimum Gasteiger partial charge on any atom is -0.334 e.